The van der Waals surface area contributed by atoms with Crippen LogP contribution in [0.2, 0.25) is 25.7 Å². The molecule has 2 aromatic heterocycles. The SMILES string of the molecule is CCc1c(Nc2cccc(CCCCCC(C)(C)C(C)=O)n2)nn(COCC[Si](C)(C)C)c1CC. The summed E-state index contributed by atoms with van der Waals surface area (Å²) in [4.78, 5) is 16.5. The molecule has 0 saturated heterocycles. The number of carbonyl (C=O) groups is 1. The molecule has 1 N–H and O–H groups in total. The van der Waals surface area contributed by atoms with Gasteiger partial charge in [-0.25, -0.2) is 9.67 Å². The molecule has 2 aromatic rings. The van der Waals surface area contributed by atoms with E-state index < -0.39 is 8.07 Å². The van der Waals surface area contributed by atoms with Gasteiger partial charge in [0.2, 0.25) is 0 Å². The van der Waals surface area contributed by atoms with E-state index in [-0.39, 0.29) is 11.2 Å². The molecule has 0 spiro atoms. The molecule has 0 aliphatic heterocycles. The first kappa shape index (κ1) is 29.2. The number of aryl methyl sites for hydroxylation is 1. The summed E-state index contributed by atoms with van der Waals surface area (Å²) in [5.74, 6) is 1.99. The van der Waals surface area contributed by atoms with Gasteiger partial charge >= 0.3 is 0 Å². The summed E-state index contributed by atoms with van der Waals surface area (Å²) in [5, 5.41) is 8.34. The van der Waals surface area contributed by atoms with E-state index in [9.17, 15) is 4.79 Å². The Labute approximate surface area is 214 Å². The van der Waals surface area contributed by atoms with Crippen LogP contribution in [0.15, 0.2) is 18.2 Å². The number of aromatic nitrogens is 3. The van der Waals surface area contributed by atoms with Gasteiger partial charge in [0.25, 0.3) is 0 Å². The monoisotopic (exact) mass is 500 g/mol. The van der Waals surface area contributed by atoms with Crippen molar-refractivity contribution in [2.24, 2.45) is 5.41 Å². The third kappa shape index (κ3) is 9.52. The fourth-order valence-corrected chi connectivity index (χ4v) is 4.83. The van der Waals surface area contributed by atoms with Crippen molar-refractivity contribution in [3.8, 4) is 0 Å². The van der Waals surface area contributed by atoms with Gasteiger partial charge in [0.15, 0.2) is 5.82 Å². The van der Waals surface area contributed by atoms with E-state index >= 15 is 0 Å². The van der Waals surface area contributed by atoms with Gasteiger partial charge in [-0.3, -0.25) is 4.79 Å². The maximum atomic E-state index is 11.7. The molecule has 0 fully saturated rings. The summed E-state index contributed by atoms with van der Waals surface area (Å²) in [6.07, 6.45) is 6.98. The molecule has 0 radical (unpaired) electrons. The predicted octanol–water partition coefficient (Wildman–Crippen LogP) is 7.18. The summed E-state index contributed by atoms with van der Waals surface area (Å²) < 4.78 is 8.00. The Kier molecular flexibility index (Phi) is 11.2. The number of anilines is 2. The highest BCUT2D eigenvalue weighted by Crippen LogP contribution is 2.26. The summed E-state index contributed by atoms with van der Waals surface area (Å²) in [7, 11) is -1.10. The number of Topliss-reactive ketones (excluding diaryl/α,β-unsaturated/α-hetero) is 1. The lowest BCUT2D eigenvalue weighted by molar-refractivity contribution is -0.125. The highest BCUT2D eigenvalue weighted by atomic mass is 28.3. The number of pyridine rings is 1. The second-order valence-electron chi connectivity index (χ2n) is 11.5. The summed E-state index contributed by atoms with van der Waals surface area (Å²) in [6.45, 7) is 18.5. The van der Waals surface area contributed by atoms with Gasteiger partial charge in [-0.1, -0.05) is 66.2 Å². The molecule has 2 rings (SSSR count). The zero-order valence-electron chi connectivity index (χ0n) is 23.5. The van der Waals surface area contributed by atoms with Gasteiger partial charge in [-0.05, 0) is 57.2 Å². The van der Waals surface area contributed by atoms with Gasteiger partial charge in [-0.2, -0.15) is 5.10 Å². The molecule has 0 unspecified atom stereocenters. The summed E-state index contributed by atoms with van der Waals surface area (Å²) >= 11 is 0. The molecular formula is C28H48N4O2Si. The van der Waals surface area contributed by atoms with Crippen LogP contribution in [0, 0.1) is 5.41 Å². The average molecular weight is 501 g/mol. The normalized spacial score (nSPS) is 12.2. The van der Waals surface area contributed by atoms with E-state index in [0.29, 0.717) is 6.73 Å². The van der Waals surface area contributed by atoms with Crippen LogP contribution in [0.3, 0.4) is 0 Å². The third-order valence-corrected chi connectivity index (χ3v) is 8.51. The van der Waals surface area contributed by atoms with Crippen molar-refractivity contribution in [2.75, 3.05) is 11.9 Å². The van der Waals surface area contributed by atoms with Crippen molar-refractivity contribution in [3.05, 3.63) is 35.2 Å². The Bertz CT molecular complexity index is 947. The van der Waals surface area contributed by atoms with Crippen LogP contribution >= 0.6 is 0 Å². The molecule has 0 bridgehead atoms. The number of nitrogens with zero attached hydrogens (tertiary/aromatic N) is 3. The Hall–Kier alpha value is -1.99. The zero-order chi connectivity index (χ0) is 26.1. The molecule has 0 aliphatic rings. The van der Waals surface area contributed by atoms with Crippen LogP contribution in [0.5, 0.6) is 0 Å². The summed E-state index contributed by atoms with van der Waals surface area (Å²) in [5.41, 5.74) is 3.34. The molecule has 35 heavy (non-hydrogen) atoms. The first-order valence-corrected chi connectivity index (χ1v) is 17.1. The van der Waals surface area contributed by atoms with Crippen LogP contribution in [0.4, 0.5) is 11.6 Å². The fraction of sp³-hybridized carbons (Fsp3) is 0.679. The third-order valence-electron chi connectivity index (χ3n) is 6.81. The number of carbonyl (C=O) groups excluding carboxylic acids is 1. The van der Waals surface area contributed by atoms with E-state index in [1.165, 1.54) is 11.3 Å². The lowest BCUT2D eigenvalue weighted by Crippen LogP contribution is -2.22. The van der Waals surface area contributed by atoms with Crippen LogP contribution in [-0.4, -0.2) is 35.2 Å². The Morgan fingerprint density at radius 3 is 2.49 bits per heavy atom. The Morgan fingerprint density at radius 2 is 1.86 bits per heavy atom. The molecule has 2 heterocycles. The smallest absolute Gasteiger partial charge is 0.157 e. The predicted molar refractivity (Wildman–Crippen MR) is 149 cm³/mol. The maximum Gasteiger partial charge on any atom is 0.157 e. The zero-order valence-corrected chi connectivity index (χ0v) is 24.5. The topological polar surface area (TPSA) is 69.0 Å². The van der Waals surface area contributed by atoms with Crippen molar-refractivity contribution in [2.45, 2.75) is 112 Å². The largest absolute Gasteiger partial charge is 0.360 e. The first-order valence-electron chi connectivity index (χ1n) is 13.4. The number of unbranched alkanes of at least 4 members (excludes halogenated alkanes) is 2. The van der Waals surface area contributed by atoms with Gasteiger partial charge < -0.3 is 10.1 Å². The van der Waals surface area contributed by atoms with E-state index in [1.807, 2.05) is 24.6 Å². The molecule has 6 nitrogen and oxygen atoms in total. The molecule has 0 atom stereocenters. The highest BCUT2D eigenvalue weighted by Gasteiger charge is 2.22. The van der Waals surface area contributed by atoms with Gasteiger partial charge in [0.1, 0.15) is 18.3 Å². The Balaban J connectivity index is 1.97. The number of rotatable bonds is 16. The minimum atomic E-state index is -1.10. The molecular weight excluding hydrogens is 452 g/mol. The van der Waals surface area contributed by atoms with Crippen LogP contribution in [0.1, 0.15) is 77.3 Å². The van der Waals surface area contributed by atoms with E-state index in [1.54, 1.807) is 6.92 Å². The van der Waals surface area contributed by atoms with Crippen LogP contribution < -0.4 is 5.32 Å². The van der Waals surface area contributed by atoms with E-state index in [0.717, 1.165) is 74.9 Å². The van der Waals surface area contributed by atoms with Crippen molar-refractivity contribution >= 4 is 25.5 Å². The van der Waals surface area contributed by atoms with Crippen LogP contribution in [-0.2, 0) is 35.5 Å². The number of hydrogen-bond acceptors (Lipinski definition) is 5. The Morgan fingerprint density at radius 1 is 1.11 bits per heavy atom. The minimum absolute atomic E-state index is 0.209. The van der Waals surface area contributed by atoms with Crippen molar-refractivity contribution in [3.63, 3.8) is 0 Å². The minimum Gasteiger partial charge on any atom is -0.360 e. The molecule has 0 aliphatic carbocycles. The number of ketones is 1. The molecule has 0 amide bonds. The lowest BCUT2D eigenvalue weighted by Gasteiger charge is -2.20. The average Bonchev–Trinajstić information content (AvgIpc) is 3.11. The summed E-state index contributed by atoms with van der Waals surface area (Å²) in [6, 6.07) is 7.32. The van der Waals surface area contributed by atoms with Crippen molar-refractivity contribution < 1.29 is 9.53 Å². The number of nitrogens with one attached hydrogen (secondary N) is 1. The molecule has 0 aromatic carbocycles. The second-order valence-corrected chi connectivity index (χ2v) is 17.1. The number of hydrogen-bond donors (Lipinski definition) is 1. The highest BCUT2D eigenvalue weighted by molar-refractivity contribution is 6.76. The van der Waals surface area contributed by atoms with Gasteiger partial charge in [-0.15, -0.1) is 0 Å². The molecule has 0 saturated carbocycles. The standard InChI is InChI=1S/C28H48N4O2Si/c1-9-24-25(10-2)32(21-34-19-20-35(6,7)8)31-27(24)30-26-17-14-16-23(29-26)15-12-11-13-18-28(4,5)22(3)33/h14,16-17H,9-13,15,18-21H2,1-8H3,(H,29,30,31). The van der Waals surface area contributed by atoms with Gasteiger partial charge in [0, 0.05) is 37.0 Å². The van der Waals surface area contributed by atoms with E-state index in [2.05, 4.69) is 50.9 Å². The molecule has 196 valence electrons. The molecule has 7 heteroatoms. The fourth-order valence-electron chi connectivity index (χ4n) is 4.07. The maximum absolute atomic E-state index is 11.7. The second kappa shape index (κ2) is 13.4. The van der Waals surface area contributed by atoms with Crippen molar-refractivity contribution in [1.82, 2.24) is 14.8 Å². The van der Waals surface area contributed by atoms with Crippen LogP contribution in [0.25, 0.3) is 0 Å². The lowest BCUT2D eigenvalue weighted by atomic mass is 9.83. The van der Waals surface area contributed by atoms with Crippen molar-refractivity contribution in [1.29, 1.82) is 0 Å². The first-order chi connectivity index (χ1) is 16.5. The van der Waals surface area contributed by atoms with Gasteiger partial charge in [0.05, 0.1) is 0 Å². The quantitative estimate of drug-likeness (QED) is 0.195. The van der Waals surface area contributed by atoms with E-state index in [4.69, 9.17) is 14.8 Å². The number of ether oxygens (including phenoxy) is 1.